The largest absolute Gasteiger partial charge is 0.467 e. The van der Waals surface area contributed by atoms with E-state index >= 15 is 0 Å². The van der Waals surface area contributed by atoms with E-state index in [2.05, 4.69) is 13.5 Å². The van der Waals surface area contributed by atoms with Crippen LogP contribution in [0.1, 0.15) is 33.1 Å². The number of unbranched alkanes of at least 4 members (excludes halogenated alkanes) is 1. The summed E-state index contributed by atoms with van der Waals surface area (Å²) >= 11 is 0. The molecule has 136 valence electrons. The van der Waals surface area contributed by atoms with Crippen molar-refractivity contribution in [3.8, 4) is 0 Å². The molecule has 2 fully saturated rings. The smallest absolute Gasteiger partial charge is 0.331 e. The van der Waals surface area contributed by atoms with Crippen molar-refractivity contribution < 1.29 is 28.5 Å². The van der Waals surface area contributed by atoms with E-state index < -0.39 is 29.9 Å². The van der Waals surface area contributed by atoms with E-state index in [1.165, 1.54) is 18.1 Å². The standard InChI is InChI=1S/C17H27NO6/c1-5-7-8-14-18(13(11-22-14)16(20)21-4)15(19)12(6-2)17(3)23-9-10-24-17/h6,12-14H,2,5,7-11H2,1,3-4H3/t12?,13-,14+/m1/s1. The molecule has 7 nitrogen and oxygen atoms in total. The molecule has 7 heteroatoms. The van der Waals surface area contributed by atoms with Crippen LogP contribution < -0.4 is 0 Å². The second-order valence-corrected chi connectivity index (χ2v) is 6.14. The summed E-state index contributed by atoms with van der Waals surface area (Å²) in [7, 11) is 1.31. The van der Waals surface area contributed by atoms with Crippen molar-refractivity contribution in [2.75, 3.05) is 26.9 Å². The minimum Gasteiger partial charge on any atom is -0.467 e. The minimum atomic E-state index is -1.07. The van der Waals surface area contributed by atoms with Crippen LogP contribution in [-0.2, 0) is 28.5 Å². The van der Waals surface area contributed by atoms with Gasteiger partial charge in [0.2, 0.25) is 5.91 Å². The Hall–Kier alpha value is -1.44. The third-order valence-electron chi connectivity index (χ3n) is 4.55. The summed E-state index contributed by atoms with van der Waals surface area (Å²) in [6.45, 7) is 8.51. The number of nitrogens with zero attached hydrogens (tertiary/aromatic N) is 1. The van der Waals surface area contributed by atoms with Crippen molar-refractivity contribution >= 4 is 11.9 Å². The predicted molar refractivity (Wildman–Crippen MR) is 85.9 cm³/mol. The van der Waals surface area contributed by atoms with Gasteiger partial charge in [0.15, 0.2) is 11.8 Å². The highest BCUT2D eigenvalue weighted by Crippen LogP contribution is 2.33. The average molecular weight is 341 g/mol. The lowest BCUT2D eigenvalue weighted by molar-refractivity contribution is -0.188. The maximum Gasteiger partial charge on any atom is 0.331 e. The summed E-state index contributed by atoms with van der Waals surface area (Å²) in [5.74, 6) is -2.57. The van der Waals surface area contributed by atoms with Gasteiger partial charge in [-0.2, -0.15) is 0 Å². The number of hydrogen-bond donors (Lipinski definition) is 0. The third-order valence-corrected chi connectivity index (χ3v) is 4.55. The number of carbonyl (C=O) groups is 2. The Morgan fingerprint density at radius 3 is 2.62 bits per heavy atom. The number of amides is 1. The van der Waals surface area contributed by atoms with Crippen molar-refractivity contribution in [1.29, 1.82) is 0 Å². The number of carbonyl (C=O) groups excluding carboxylic acids is 2. The molecule has 2 rings (SSSR count). The zero-order chi connectivity index (χ0) is 17.7. The average Bonchev–Trinajstić information content (AvgIpc) is 3.19. The normalized spacial score (nSPS) is 27.0. The first-order valence-electron chi connectivity index (χ1n) is 8.40. The van der Waals surface area contributed by atoms with Crippen molar-refractivity contribution in [3.05, 3.63) is 12.7 Å². The minimum absolute atomic E-state index is 0.134. The Balaban J connectivity index is 2.24. The van der Waals surface area contributed by atoms with Gasteiger partial charge in [0, 0.05) is 0 Å². The molecule has 2 aliphatic rings. The van der Waals surface area contributed by atoms with Crippen LogP contribution in [0.25, 0.3) is 0 Å². The number of rotatable bonds is 7. The SMILES string of the molecule is C=CC(C(=O)N1[C@H](CCCC)OC[C@@H]1C(=O)OC)C1(C)OCCO1. The van der Waals surface area contributed by atoms with Gasteiger partial charge in [-0.25, -0.2) is 4.79 Å². The molecular weight excluding hydrogens is 314 g/mol. The maximum atomic E-state index is 13.2. The van der Waals surface area contributed by atoms with Gasteiger partial charge in [0.1, 0.15) is 12.1 Å². The molecule has 0 bridgehead atoms. The highest BCUT2D eigenvalue weighted by molar-refractivity contribution is 5.88. The van der Waals surface area contributed by atoms with Gasteiger partial charge in [0.25, 0.3) is 0 Å². The highest BCUT2D eigenvalue weighted by atomic mass is 16.7. The third kappa shape index (κ3) is 3.63. The lowest BCUT2D eigenvalue weighted by Crippen LogP contribution is -2.53. The number of methoxy groups -OCH3 is 1. The summed E-state index contributed by atoms with van der Waals surface area (Å²) in [4.78, 5) is 26.7. The molecule has 0 saturated carbocycles. The van der Waals surface area contributed by atoms with E-state index in [9.17, 15) is 9.59 Å². The van der Waals surface area contributed by atoms with E-state index in [0.29, 0.717) is 19.6 Å². The van der Waals surface area contributed by atoms with Gasteiger partial charge in [-0.05, 0) is 19.8 Å². The molecule has 0 radical (unpaired) electrons. The van der Waals surface area contributed by atoms with Crippen molar-refractivity contribution in [3.63, 3.8) is 0 Å². The van der Waals surface area contributed by atoms with E-state index in [-0.39, 0.29) is 12.5 Å². The highest BCUT2D eigenvalue weighted by Gasteiger charge is 2.50. The summed E-state index contributed by atoms with van der Waals surface area (Å²) < 4.78 is 21.8. The van der Waals surface area contributed by atoms with E-state index in [1.54, 1.807) is 6.92 Å². The second-order valence-electron chi connectivity index (χ2n) is 6.14. The zero-order valence-corrected chi connectivity index (χ0v) is 14.7. The summed E-state index contributed by atoms with van der Waals surface area (Å²) in [5.41, 5.74) is 0. The van der Waals surface area contributed by atoms with Gasteiger partial charge in [0.05, 0.1) is 26.9 Å². The number of ether oxygens (including phenoxy) is 4. The Labute approximate surface area is 142 Å². The molecule has 24 heavy (non-hydrogen) atoms. The second kappa shape index (κ2) is 8.09. The molecular formula is C17H27NO6. The molecule has 0 aromatic heterocycles. The van der Waals surface area contributed by atoms with Crippen molar-refractivity contribution in [2.45, 2.75) is 51.2 Å². The van der Waals surface area contributed by atoms with Gasteiger partial charge in [-0.15, -0.1) is 6.58 Å². The van der Waals surface area contributed by atoms with Crippen LogP contribution in [0.15, 0.2) is 12.7 Å². The molecule has 0 spiro atoms. The Bertz CT molecular complexity index is 474. The van der Waals surface area contributed by atoms with Crippen LogP contribution >= 0.6 is 0 Å². The lowest BCUT2D eigenvalue weighted by atomic mass is 9.97. The fourth-order valence-electron chi connectivity index (χ4n) is 3.19. The molecule has 0 N–H and O–H groups in total. The molecule has 1 unspecified atom stereocenters. The molecule has 0 aromatic carbocycles. The topological polar surface area (TPSA) is 74.3 Å². The molecule has 1 amide bonds. The Morgan fingerprint density at radius 1 is 1.42 bits per heavy atom. The van der Waals surface area contributed by atoms with Gasteiger partial charge in [-0.3, -0.25) is 9.69 Å². The first-order chi connectivity index (χ1) is 11.5. The van der Waals surface area contributed by atoms with Crippen LogP contribution in [0, 0.1) is 5.92 Å². The quantitative estimate of drug-likeness (QED) is 0.516. The Kier molecular flexibility index (Phi) is 6.37. The van der Waals surface area contributed by atoms with Gasteiger partial charge in [-0.1, -0.05) is 19.4 Å². The fraction of sp³-hybridized carbons (Fsp3) is 0.765. The summed E-state index contributed by atoms with van der Waals surface area (Å²) in [6, 6.07) is -0.753. The van der Waals surface area contributed by atoms with Crippen LogP contribution in [0.3, 0.4) is 0 Å². The maximum absolute atomic E-state index is 13.2. The molecule has 3 atom stereocenters. The van der Waals surface area contributed by atoms with Crippen molar-refractivity contribution in [2.24, 2.45) is 5.92 Å². The first kappa shape index (κ1) is 18.9. The van der Waals surface area contributed by atoms with Crippen LogP contribution in [0.5, 0.6) is 0 Å². The van der Waals surface area contributed by atoms with Crippen molar-refractivity contribution in [1.82, 2.24) is 4.90 Å². The van der Waals surface area contributed by atoms with E-state index in [1.807, 2.05) is 0 Å². The molecule has 2 saturated heterocycles. The molecule has 2 heterocycles. The monoisotopic (exact) mass is 341 g/mol. The van der Waals surface area contributed by atoms with E-state index in [0.717, 1.165) is 12.8 Å². The molecule has 0 aliphatic carbocycles. The summed E-state index contributed by atoms with van der Waals surface area (Å²) in [5, 5.41) is 0. The summed E-state index contributed by atoms with van der Waals surface area (Å²) in [6.07, 6.45) is 3.59. The number of esters is 1. The van der Waals surface area contributed by atoms with Gasteiger partial charge >= 0.3 is 5.97 Å². The Morgan fingerprint density at radius 2 is 2.08 bits per heavy atom. The zero-order valence-electron chi connectivity index (χ0n) is 14.7. The van der Waals surface area contributed by atoms with Crippen LogP contribution in [-0.4, -0.2) is 61.8 Å². The fourth-order valence-corrected chi connectivity index (χ4v) is 3.19. The first-order valence-corrected chi connectivity index (χ1v) is 8.40. The molecule has 2 aliphatic heterocycles. The van der Waals surface area contributed by atoms with Gasteiger partial charge < -0.3 is 18.9 Å². The van der Waals surface area contributed by atoms with Crippen LogP contribution in [0.4, 0.5) is 0 Å². The molecule has 0 aromatic rings. The van der Waals surface area contributed by atoms with Crippen LogP contribution in [0.2, 0.25) is 0 Å². The van der Waals surface area contributed by atoms with E-state index in [4.69, 9.17) is 18.9 Å². The lowest BCUT2D eigenvalue weighted by Gasteiger charge is -2.35. The number of hydrogen-bond acceptors (Lipinski definition) is 6. The predicted octanol–water partition coefficient (Wildman–Crippen LogP) is 1.47.